The van der Waals surface area contributed by atoms with Crippen LogP contribution in [0.25, 0.3) is 0 Å². The van der Waals surface area contributed by atoms with E-state index >= 15 is 0 Å². The number of oxime groups is 1. The molecule has 0 fully saturated rings. The molecule has 14 heavy (non-hydrogen) atoms. The molecule has 0 aliphatic rings. The van der Waals surface area contributed by atoms with E-state index in [1.807, 2.05) is 0 Å². The highest BCUT2D eigenvalue weighted by atomic mass is 16.4. The summed E-state index contributed by atoms with van der Waals surface area (Å²) in [6.45, 7) is 2.90. The Bertz CT molecular complexity index is 208. The minimum absolute atomic E-state index is 0.146. The topological polar surface area (TPSA) is 70.6 Å². The lowest BCUT2D eigenvalue weighted by Gasteiger charge is -2.11. The van der Waals surface area contributed by atoms with Gasteiger partial charge in [0, 0.05) is 6.42 Å². The number of rotatable bonds is 7. The minimum Gasteiger partial charge on any atom is -0.409 e. The lowest BCUT2D eigenvalue weighted by molar-refractivity contribution is 0.316. The second-order valence-electron chi connectivity index (χ2n) is 3.16. The van der Waals surface area contributed by atoms with Crippen molar-refractivity contribution in [2.45, 2.75) is 38.6 Å². The van der Waals surface area contributed by atoms with E-state index < -0.39 is 0 Å². The van der Waals surface area contributed by atoms with Crippen molar-refractivity contribution < 1.29 is 5.21 Å². The second kappa shape index (κ2) is 8.39. The van der Waals surface area contributed by atoms with Crippen molar-refractivity contribution in [3.8, 4) is 12.3 Å². The van der Waals surface area contributed by atoms with Crippen LogP contribution in [0.15, 0.2) is 5.16 Å². The molecule has 0 aromatic heterocycles. The maximum Gasteiger partial charge on any atom is 0.139 e. The van der Waals surface area contributed by atoms with Crippen LogP contribution in [-0.2, 0) is 0 Å². The lowest BCUT2D eigenvalue weighted by Crippen LogP contribution is -2.29. The maximum atomic E-state index is 8.28. The van der Waals surface area contributed by atoms with Crippen molar-refractivity contribution in [2.24, 2.45) is 10.9 Å². The fraction of sp³-hybridized carbons (Fsp3) is 0.700. The highest BCUT2D eigenvalue weighted by Gasteiger charge is 2.01. The zero-order valence-electron chi connectivity index (χ0n) is 8.66. The number of nitrogens with zero attached hydrogens (tertiary/aromatic N) is 1. The molecule has 4 heteroatoms. The minimum atomic E-state index is 0.146. The summed E-state index contributed by atoms with van der Waals surface area (Å²) in [6, 6.07) is 0.146. The van der Waals surface area contributed by atoms with E-state index in [-0.39, 0.29) is 11.9 Å². The molecule has 0 rings (SSSR count). The van der Waals surface area contributed by atoms with Crippen LogP contribution < -0.4 is 11.1 Å². The van der Waals surface area contributed by atoms with E-state index in [1.165, 1.54) is 0 Å². The van der Waals surface area contributed by atoms with Crippen LogP contribution in [0.2, 0.25) is 0 Å². The molecule has 0 aliphatic carbocycles. The molecule has 1 unspecified atom stereocenters. The molecule has 0 aliphatic heterocycles. The van der Waals surface area contributed by atoms with Crippen molar-refractivity contribution in [3.05, 3.63) is 0 Å². The number of hydrogen-bond donors (Lipinski definition) is 3. The molecule has 0 aromatic carbocycles. The molecular weight excluding hydrogens is 178 g/mol. The smallest absolute Gasteiger partial charge is 0.139 e. The zero-order chi connectivity index (χ0) is 10.8. The average Bonchev–Trinajstić information content (AvgIpc) is 2.22. The summed E-state index contributed by atoms with van der Waals surface area (Å²) in [5, 5.41) is 14.4. The summed E-state index contributed by atoms with van der Waals surface area (Å²) >= 11 is 0. The quantitative estimate of drug-likeness (QED) is 0.142. The van der Waals surface area contributed by atoms with Crippen LogP contribution in [-0.4, -0.2) is 23.6 Å². The van der Waals surface area contributed by atoms with Gasteiger partial charge < -0.3 is 16.3 Å². The Morgan fingerprint density at radius 3 is 2.93 bits per heavy atom. The van der Waals surface area contributed by atoms with Crippen molar-refractivity contribution in [3.63, 3.8) is 0 Å². The van der Waals surface area contributed by atoms with Crippen LogP contribution in [0, 0.1) is 12.3 Å². The Morgan fingerprint density at radius 1 is 1.71 bits per heavy atom. The van der Waals surface area contributed by atoms with E-state index in [1.54, 1.807) is 0 Å². The van der Waals surface area contributed by atoms with Gasteiger partial charge in [-0.05, 0) is 19.4 Å². The van der Waals surface area contributed by atoms with Gasteiger partial charge in [0.05, 0.1) is 6.04 Å². The van der Waals surface area contributed by atoms with Gasteiger partial charge in [0.2, 0.25) is 0 Å². The summed E-state index contributed by atoms with van der Waals surface area (Å²) in [7, 11) is 0. The molecular formula is C10H19N3O. The molecule has 0 aromatic rings. The third kappa shape index (κ3) is 6.32. The summed E-state index contributed by atoms with van der Waals surface area (Å²) < 4.78 is 0. The maximum absolute atomic E-state index is 8.28. The number of nitrogens with two attached hydrogens (primary N) is 1. The molecule has 0 saturated carbocycles. The Labute approximate surface area is 85.6 Å². The van der Waals surface area contributed by atoms with Crippen LogP contribution in [0.3, 0.4) is 0 Å². The SMILES string of the molecule is C#CC(CCC)NCCCC(N)=NO. The normalized spacial score (nSPS) is 13.6. The first-order chi connectivity index (χ1) is 6.74. The number of terminal acetylenes is 1. The van der Waals surface area contributed by atoms with Gasteiger partial charge in [-0.3, -0.25) is 0 Å². The predicted octanol–water partition coefficient (Wildman–Crippen LogP) is 0.905. The average molecular weight is 197 g/mol. The molecule has 0 bridgehead atoms. The van der Waals surface area contributed by atoms with E-state index in [2.05, 4.69) is 23.3 Å². The van der Waals surface area contributed by atoms with Crippen molar-refractivity contribution in [1.82, 2.24) is 5.32 Å². The number of hydrogen-bond acceptors (Lipinski definition) is 3. The predicted molar refractivity (Wildman–Crippen MR) is 58.2 cm³/mol. The first-order valence-corrected chi connectivity index (χ1v) is 4.90. The summed E-state index contributed by atoms with van der Waals surface area (Å²) in [5.41, 5.74) is 5.31. The lowest BCUT2D eigenvalue weighted by atomic mass is 10.1. The van der Waals surface area contributed by atoms with E-state index in [0.29, 0.717) is 6.42 Å². The Balaban J connectivity index is 3.48. The second-order valence-corrected chi connectivity index (χ2v) is 3.16. The van der Waals surface area contributed by atoms with Gasteiger partial charge in [0.1, 0.15) is 5.84 Å². The molecule has 0 saturated heterocycles. The highest BCUT2D eigenvalue weighted by Crippen LogP contribution is 1.95. The van der Waals surface area contributed by atoms with Gasteiger partial charge in [-0.1, -0.05) is 24.4 Å². The molecule has 80 valence electrons. The first kappa shape index (κ1) is 12.8. The molecule has 4 nitrogen and oxygen atoms in total. The Morgan fingerprint density at radius 2 is 2.43 bits per heavy atom. The molecule has 0 heterocycles. The molecule has 1 atom stereocenters. The van der Waals surface area contributed by atoms with Crippen LogP contribution in [0.4, 0.5) is 0 Å². The van der Waals surface area contributed by atoms with E-state index in [9.17, 15) is 0 Å². The zero-order valence-corrected chi connectivity index (χ0v) is 8.66. The summed E-state index contributed by atoms with van der Waals surface area (Å²) in [4.78, 5) is 0. The van der Waals surface area contributed by atoms with Crippen LogP contribution in [0.1, 0.15) is 32.6 Å². The van der Waals surface area contributed by atoms with Gasteiger partial charge >= 0.3 is 0 Å². The standard InChI is InChI=1S/C10H19N3O/c1-3-6-9(4-2)12-8-5-7-10(11)13-14/h2,9,12,14H,3,5-8H2,1H3,(H2,11,13). The number of amidine groups is 1. The van der Waals surface area contributed by atoms with Crippen molar-refractivity contribution in [1.29, 1.82) is 0 Å². The number of nitrogens with one attached hydrogen (secondary N) is 1. The van der Waals surface area contributed by atoms with Gasteiger partial charge in [-0.2, -0.15) is 0 Å². The molecule has 0 spiro atoms. The summed E-state index contributed by atoms with van der Waals surface area (Å²) in [6.07, 6.45) is 8.81. The molecule has 4 N–H and O–H groups in total. The third-order valence-corrected chi connectivity index (χ3v) is 1.91. The van der Waals surface area contributed by atoms with E-state index in [4.69, 9.17) is 17.4 Å². The third-order valence-electron chi connectivity index (χ3n) is 1.91. The van der Waals surface area contributed by atoms with Crippen LogP contribution >= 0.6 is 0 Å². The van der Waals surface area contributed by atoms with Crippen molar-refractivity contribution >= 4 is 5.84 Å². The van der Waals surface area contributed by atoms with Gasteiger partial charge in [0.15, 0.2) is 0 Å². The fourth-order valence-electron chi connectivity index (χ4n) is 1.13. The summed E-state index contributed by atoms with van der Waals surface area (Å²) in [5.74, 6) is 2.95. The largest absolute Gasteiger partial charge is 0.409 e. The van der Waals surface area contributed by atoms with Crippen molar-refractivity contribution in [2.75, 3.05) is 6.54 Å². The Hall–Kier alpha value is -1.21. The van der Waals surface area contributed by atoms with Crippen LogP contribution in [0.5, 0.6) is 0 Å². The Kier molecular flexibility index (Phi) is 7.67. The first-order valence-electron chi connectivity index (χ1n) is 4.90. The molecule has 0 amide bonds. The fourth-order valence-corrected chi connectivity index (χ4v) is 1.13. The molecule has 0 radical (unpaired) electrons. The van der Waals surface area contributed by atoms with Gasteiger partial charge in [-0.25, -0.2) is 0 Å². The van der Waals surface area contributed by atoms with Gasteiger partial charge in [-0.15, -0.1) is 6.42 Å². The monoisotopic (exact) mass is 197 g/mol. The van der Waals surface area contributed by atoms with Gasteiger partial charge in [0.25, 0.3) is 0 Å². The van der Waals surface area contributed by atoms with E-state index in [0.717, 1.165) is 25.8 Å². The highest BCUT2D eigenvalue weighted by molar-refractivity contribution is 5.79.